The fraction of sp³-hybridized carbons (Fsp3) is 0.500. The number of benzene rings is 1. The first-order valence-corrected chi connectivity index (χ1v) is 6.76. The molecule has 1 aliphatic carbocycles. The van der Waals surface area contributed by atoms with E-state index in [2.05, 4.69) is 10.6 Å². The summed E-state index contributed by atoms with van der Waals surface area (Å²) in [7, 11) is 0. The van der Waals surface area contributed by atoms with Crippen LogP contribution in [-0.2, 0) is 4.79 Å². The normalized spacial score (nSPS) is 18.2. The van der Waals surface area contributed by atoms with Gasteiger partial charge in [0.25, 0.3) is 0 Å². The zero-order valence-corrected chi connectivity index (χ0v) is 11.5. The van der Waals surface area contributed by atoms with Gasteiger partial charge in [0.15, 0.2) is 0 Å². The number of nitrogens with one attached hydrogen (secondary N) is 2. The molecule has 0 aliphatic heterocycles. The first kappa shape index (κ1) is 13.4. The number of amides is 1. The van der Waals surface area contributed by atoms with E-state index in [1.807, 2.05) is 38.1 Å². The number of carbonyl (C=O) groups excluding carboxylic acids is 1. The molecule has 0 saturated heterocycles. The van der Waals surface area contributed by atoms with Crippen LogP contribution in [0.2, 0.25) is 5.02 Å². The van der Waals surface area contributed by atoms with Gasteiger partial charge in [0, 0.05) is 17.1 Å². The van der Waals surface area contributed by atoms with Crippen LogP contribution < -0.4 is 10.6 Å². The van der Waals surface area contributed by atoms with Crippen LogP contribution in [0, 0.1) is 0 Å². The lowest BCUT2D eigenvalue weighted by atomic mass is 10.1. The summed E-state index contributed by atoms with van der Waals surface area (Å²) in [4.78, 5) is 11.8. The van der Waals surface area contributed by atoms with E-state index in [0.717, 1.165) is 23.4 Å². The van der Waals surface area contributed by atoms with Crippen molar-refractivity contribution in [2.75, 3.05) is 0 Å². The fourth-order valence-electron chi connectivity index (χ4n) is 1.92. The average molecular weight is 267 g/mol. The molecule has 98 valence electrons. The largest absolute Gasteiger partial charge is 0.352 e. The zero-order valence-electron chi connectivity index (χ0n) is 10.7. The van der Waals surface area contributed by atoms with E-state index < -0.39 is 0 Å². The van der Waals surface area contributed by atoms with E-state index in [4.69, 9.17) is 11.6 Å². The van der Waals surface area contributed by atoms with Gasteiger partial charge in [-0.3, -0.25) is 10.1 Å². The molecule has 1 saturated carbocycles. The van der Waals surface area contributed by atoms with Crippen LogP contribution in [0.5, 0.6) is 0 Å². The second kappa shape index (κ2) is 5.72. The molecule has 1 amide bonds. The monoisotopic (exact) mass is 266 g/mol. The molecule has 0 bridgehead atoms. The van der Waals surface area contributed by atoms with Crippen LogP contribution in [0.15, 0.2) is 24.3 Å². The molecular formula is C14H19ClN2O. The molecule has 0 aromatic heterocycles. The van der Waals surface area contributed by atoms with Crippen molar-refractivity contribution in [2.24, 2.45) is 0 Å². The van der Waals surface area contributed by atoms with Crippen molar-refractivity contribution < 1.29 is 4.79 Å². The molecule has 0 spiro atoms. The third-order valence-electron chi connectivity index (χ3n) is 3.19. The third-order valence-corrected chi connectivity index (χ3v) is 3.53. The van der Waals surface area contributed by atoms with Gasteiger partial charge in [-0.15, -0.1) is 0 Å². The number of carbonyl (C=O) groups is 1. The first-order valence-electron chi connectivity index (χ1n) is 6.39. The molecule has 1 fully saturated rings. The Hall–Kier alpha value is -1.06. The Kier molecular flexibility index (Phi) is 4.25. The van der Waals surface area contributed by atoms with Gasteiger partial charge in [0.2, 0.25) is 5.91 Å². The summed E-state index contributed by atoms with van der Waals surface area (Å²) in [6.07, 6.45) is 2.22. The van der Waals surface area contributed by atoms with E-state index in [0.29, 0.717) is 6.04 Å². The molecule has 3 nitrogen and oxygen atoms in total. The van der Waals surface area contributed by atoms with Crippen molar-refractivity contribution in [2.45, 2.75) is 44.8 Å². The number of hydrogen-bond donors (Lipinski definition) is 2. The van der Waals surface area contributed by atoms with Gasteiger partial charge in [-0.1, -0.05) is 29.8 Å². The highest BCUT2D eigenvalue weighted by Crippen LogP contribution is 2.23. The van der Waals surface area contributed by atoms with Crippen LogP contribution in [0.3, 0.4) is 0 Å². The smallest absolute Gasteiger partial charge is 0.237 e. The number of hydrogen-bond acceptors (Lipinski definition) is 2. The van der Waals surface area contributed by atoms with Crippen LogP contribution in [0.4, 0.5) is 0 Å². The maximum atomic E-state index is 11.8. The quantitative estimate of drug-likeness (QED) is 0.860. The predicted molar refractivity (Wildman–Crippen MR) is 73.6 cm³/mol. The molecule has 1 aromatic carbocycles. The standard InChI is InChI=1S/C14H19ClN2O/c1-9(12-5-3-4-6-13(12)15)16-10(2)14(18)17-11-7-8-11/h3-6,9-11,16H,7-8H2,1-2H3,(H,17,18)/t9-,10+/m0/s1. The van der Waals surface area contributed by atoms with E-state index in [9.17, 15) is 4.79 Å². The SMILES string of the molecule is C[C@H](N[C@H](C)C(=O)NC1CC1)c1ccccc1Cl. The second-order valence-corrected chi connectivity index (χ2v) is 5.32. The Bertz CT molecular complexity index is 432. The summed E-state index contributed by atoms with van der Waals surface area (Å²) in [5.74, 6) is 0.0661. The van der Waals surface area contributed by atoms with E-state index in [1.165, 1.54) is 0 Å². The second-order valence-electron chi connectivity index (χ2n) is 4.91. The molecule has 1 aliphatic rings. The molecule has 0 heterocycles. The van der Waals surface area contributed by atoms with Gasteiger partial charge in [-0.25, -0.2) is 0 Å². The first-order chi connectivity index (χ1) is 8.58. The van der Waals surface area contributed by atoms with Crippen LogP contribution >= 0.6 is 11.6 Å². The molecule has 18 heavy (non-hydrogen) atoms. The topological polar surface area (TPSA) is 41.1 Å². The highest BCUT2D eigenvalue weighted by molar-refractivity contribution is 6.31. The summed E-state index contributed by atoms with van der Waals surface area (Å²) in [6, 6.07) is 7.94. The average Bonchev–Trinajstić information content (AvgIpc) is 3.13. The molecule has 0 unspecified atom stereocenters. The highest BCUT2D eigenvalue weighted by atomic mass is 35.5. The Morgan fingerprint density at radius 1 is 1.33 bits per heavy atom. The zero-order chi connectivity index (χ0) is 13.1. The van der Waals surface area contributed by atoms with Gasteiger partial charge in [0.05, 0.1) is 6.04 Å². The van der Waals surface area contributed by atoms with Crippen molar-refractivity contribution in [3.63, 3.8) is 0 Å². The minimum absolute atomic E-state index is 0.0543. The molecule has 2 atom stereocenters. The van der Waals surface area contributed by atoms with Crippen molar-refractivity contribution in [1.29, 1.82) is 0 Å². The molecule has 0 radical (unpaired) electrons. The summed E-state index contributed by atoms with van der Waals surface area (Å²) >= 11 is 6.14. The number of rotatable bonds is 5. The van der Waals surface area contributed by atoms with Crippen LogP contribution in [-0.4, -0.2) is 18.0 Å². The van der Waals surface area contributed by atoms with Crippen LogP contribution in [0.25, 0.3) is 0 Å². The van der Waals surface area contributed by atoms with Crippen molar-refractivity contribution in [1.82, 2.24) is 10.6 Å². The Balaban J connectivity index is 1.91. The Labute approximate surface area is 113 Å². The maximum absolute atomic E-state index is 11.8. The number of halogens is 1. The Morgan fingerprint density at radius 2 is 2.00 bits per heavy atom. The molecule has 2 rings (SSSR count). The third kappa shape index (κ3) is 3.47. The summed E-state index contributed by atoms with van der Waals surface area (Å²) in [6.45, 7) is 3.90. The lowest BCUT2D eigenvalue weighted by Crippen LogP contribution is -2.43. The van der Waals surface area contributed by atoms with E-state index in [-0.39, 0.29) is 18.0 Å². The fourth-order valence-corrected chi connectivity index (χ4v) is 2.22. The molecule has 2 N–H and O–H groups in total. The van der Waals surface area contributed by atoms with Crippen molar-refractivity contribution in [3.05, 3.63) is 34.9 Å². The molecule has 4 heteroatoms. The predicted octanol–water partition coefficient (Wildman–Crippen LogP) is 2.66. The minimum atomic E-state index is -0.211. The van der Waals surface area contributed by atoms with E-state index in [1.54, 1.807) is 0 Å². The van der Waals surface area contributed by atoms with Gasteiger partial charge in [0.1, 0.15) is 0 Å². The minimum Gasteiger partial charge on any atom is -0.352 e. The van der Waals surface area contributed by atoms with Crippen molar-refractivity contribution >= 4 is 17.5 Å². The molecule has 1 aromatic rings. The maximum Gasteiger partial charge on any atom is 0.237 e. The van der Waals surface area contributed by atoms with Gasteiger partial charge in [-0.2, -0.15) is 0 Å². The lowest BCUT2D eigenvalue weighted by Gasteiger charge is -2.20. The Morgan fingerprint density at radius 3 is 2.61 bits per heavy atom. The van der Waals surface area contributed by atoms with Gasteiger partial charge < -0.3 is 5.32 Å². The van der Waals surface area contributed by atoms with Crippen LogP contribution in [0.1, 0.15) is 38.3 Å². The lowest BCUT2D eigenvalue weighted by molar-refractivity contribution is -0.123. The highest BCUT2D eigenvalue weighted by Gasteiger charge is 2.26. The summed E-state index contributed by atoms with van der Waals surface area (Å²) < 4.78 is 0. The van der Waals surface area contributed by atoms with E-state index >= 15 is 0 Å². The van der Waals surface area contributed by atoms with Gasteiger partial charge >= 0.3 is 0 Å². The summed E-state index contributed by atoms with van der Waals surface area (Å²) in [5.41, 5.74) is 1.02. The van der Waals surface area contributed by atoms with Gasteiger partial charge in [-0.05, 0) is 38.3 Å². The van der Waals surface area contributed by atoms with Crippen molar-refractivity contribution in [3.8, 4) is 0 Å². The summed E-state index contributed by atoms with van der Waals surface area (Å²) in [5, 5.41) is 6.99. The molecular weight excluding hydrogens is 248 g/mol.